The number of halogens is 3. The van der Waals surface area contributed by atoms with Crippen molar-refractivity contribution in [2.24, 2.45) is 23.5 Å². The molecule has 25 heteroatoms. The third-order valence-electron chi connectivity index (χ3n) is 13.5. The number of hydrogen-bond donors (Lipinski definition) is 7. The van der Waals surface area contributed by atoms with Gasteiger partial charge in [0.05, 0.1) is 22.3 Å². The van der Waals surface area contributed by atoms with Gasteiger partial charge in [-0.3, -0.25) is 19.2 Å². The van der Waals surface area contributed by atoms with Gasteiger partial charge in [0.1, 0.15) is 22.6 Å². The molecular formula is C64H74Cl3N15O6S. The highest BCUT2D eigenvalue weighted by molar-refractivity contribution is 7.51. The summed E-state index contributed by atoms with van der Waals surface area (Å²) in [7, 11) is 0. The van der Waals surface area contributed by atoms with Crippen molar-refractivity contribution in [1.82, 2.24) is 39.9 Å². The third-order valence-corrected chi connectivity index (χ3v) is 14.1. The molecule has 0 aliphatic heterocycles. The van der Waals surface area contributed by atoms with Crippen LogP contribution in [0, 0.1) is 45.4 Å². The Hall–Kier alpha value is -8.67. The van der Waals surface area contributed by atoms with E-state index in [1.807, 2.05) is 125 Å². The summed E-state index contributed by atoms with van der Waals surface area (Å²) >= 11 is 16.0. The van der Waals surface area contributed by atoms with E-state index in [0.29, 0.717) is 46.0 Å². The number of aromatic nitrogens is 8. The normalized spacial score (nSPS) is 12.3. The lowest BCUT2D eigenvalue weighted by Gasteiger charge is -2.13. The van der Waals surface area contributed by atoms with E-state index in [0.717, 1.165) is 82.4 Å². The summed E-state index contributed by atoms with van der Waals surface area (Å²) in [6, 6.07) is 31.4. The third kappa shape index (κ3) is 25.5. The molecule has 9 N–H and O–H groups in total. The monoisotopic (exact) mass is 1290 g/mol. The van der Waals surface area contributed by atoms with Crippen LogP contribution in [0.25, 0.3) is 0 Å². The minimum atomic E-state index is -0.750. The number of aryl methyl sites for hydroxylation is 4. The molecule has 0 atom stereocenters. The average molecular weight is 1290 g/mol. The maximum Gasteiger partial charge on any atom is 0.335 e. The topological polar surface area (TPSA) is 318 Å². The Morgan fingerprint density at radius 1 is 0.461 bits per heavy atom. The van der Waals surface area contributed by atoms with Crippen molar-refractivity contribution in [1.29, 1.82) is 0 Å². The summed E-state index contributed by atoms with van der Waals surface area (Å²) in [5, 5.41) is 16.3. The fourth-order valence-corrected chi connectivity index (χ4v) is 8.08. The van der Waals surface area contributed by atoms with Crippen molar-refractivity contribution in [2.75, 3.05) is 52.0 Å². The van der Waals surface area contributed by atoms with Crippen molar-refractivity contribution in [3.63, 3.8) is 0 Å². The molecule has 0 bridgehead atoms. The van der Waals surface area contributed by atoms with E-state index in [1.54, 1.807) is 12.4 Å². The van der Waals surface area contributed by atoms with Gasteiger partial charge in [0.2, 0.25) is 22.5 Å². The number of ketones is 4. The van der Waals surface area contributed by atoms with E-state index in [-0.39, 0.29) is 44.4 Å². The second-order valence-corrected chi connectivity index (χ2v) is 22.1. The second kappa shape index (κ2) is 36.6. The molecule has 0 unspecified atom stereocenters. The highest BCUT2D eigenvalue weighted by Crippen LogP contribution is 2.31. The molecule has 0 amide bonds. The van der Waals surface area contributed by atoms with Crippen molar-refractivity contribution in [3.8, 4) is 0 Å². The number of nitrogens with two attached hydrogens (primary N) is 2. The summed E-state index contributed by atoms with van der Waals surface area (Å²) in [5.41, 5.74) is 20.5. The zero-order valence-electron chi connectivity index (χ0n) is 50.9. The number of benzene rings is 4. The Kier molecular flexibility index (Phi) is 29.2. The maximum absolute atomic E-state index is 11.8. The van der Waals surface area contributed by atoms with Crippen molar-refractivity contribution >= 4 is 122 Å². The van der Waals surface area contributed by atoms with Crippen LogP contribution in [0.2, 0.25) is 15.7 Å². The van der Waals surface area contributed by atoms with Crippen molar-refractivity contribution < 1.29 is 27.6 Å². The van der Waals surface area contributed by atoms with E-state index < -0.39 is 11.6 Å². The summed E-state index contributed by atoms with van der Waals surface area (Å²) in [4.78, 5) is 78.3. The number of nitrogens with one attached hydrogen (secondary N) is 5. The van der Waals surface area contributed by atoms with Crippen LogP contribution in [0.15, 0.2) is 122 Å². The molecule has 3 saturated carbocycles. The van der Waals surface area contributed by atoms with Crippen molar-refractivity contribution in [3.05, 3.63) is 182 Å². The number of nitrogens with zero attached hydrogens (tertiary/aromatic N) is 8. The van der Waals surface area contributed by atoms with Crippen LogP contribution in [0.5, 0.6) is 0 Å². The van der Waals surface area contributed by atoms with Crippen molar-refractivity contribution in [2.45, 2.75) is 93.9 Å². The Bertz CT molecular complexity index is 3570. The number of carbonyl (C=O) groups is 4. The molecule has 3 aliphatic carbocycles. The highest BCUT2D eigenvalue weighted by Gasteiger charge is 2.23. The number of rotatable bonds is 17. The first-order valence-electron chi connectivity index (χ1n) is 28.5. The van der Waals surface area contributed by atoms with Crippen LogP contribution in [0.3, 0.4) is 0 Å². The number of para-hydroxylation sites is 4. The molecule has 21 nitrogen and oxygen atoms in total. The van der Waals surface area contributed by atoms with Gasteiger partial charge in [-0.25, -0.2) is 24.9 Å². The molecule has 3 aliphatic rings. The summed E-state index contributed by atoms with van der Waals surface area (Å²) in [6.45, 7) is 16.6. The minimum Gasteiger partial charge on any atom is -0.399 e. The Balaban J connectivity index is 0.000000203. The fraction of sp³-hybridized carbons (Fsp3) is 0.312. The largest absolute Gasteiger partial charge is 0.399 e. The van der Waals surface area contributed by atoms with Gasteiger partial charge in [-0.1, -0.05) is 84.4 Å². The first-order chi connectivity index (χ1) is 42.6. The van der Waals surface area contributed by atoms with Gasteiger partial charge in [0.25, 0.3) is 0 Å². The number of carbonyl (C=O) groups excluding carboxylic acids is 4. The highest BCUT2D eigenvalue weighted by atomic mass is 35.5. The lowest BCUT2D eigenvalue weighted by atomic mass is 10.2. The Morgan fingerprint density at radius 2 is 0.775 bits per heavy atom. The maximum atomic E-state index is 11.8. The molecule has 468 valence electrons. The molecule has 0 spiro atoms. The van der Waals surface area contributed by atoms with Gasteiger partial charge in [-0.15, -0.1) is 0 Å². The van der Waals surface area contributed by atoms with E-state index >= 15 is 0 Å². The molecule has 11 rings (SSSR count). The summed E-state index contributed by atoms with van der Waals surface area (Å²) in [6.07, 6.45) is 13.8. The molecule has 8 aromatic rings. The molecule has 0 radical (unpaired) electrons. The lowest BCUT2D eigenvalue weighted by Crippen LogP contribution is -2.11. The zero-order valence-corrected chi connectivity index (χ0v) is 54.0. The molecular weight excluding hydrogens is 1210 g/mol. The minimum absolute atomic E-state index is 0.0417. The number of hydrogen-bond acceptors (Lipinski definition) is 21. The van der Waals surface area contributed by atoms with Crippen LogP contribution in [0.4, 0.5) is 52.1 Å². The van der Waals surface area contributed by atoms with Gasteiger partial charge in [0, 0.05) is 60.6 Å². The van der Waals surface area contributed by atoms with Crippen LogP contribution in [-0.2, 0) is 11.6 Å². The van der Waals surface area contributed by atoms with E-state index in [2.05, 4.69) is 66.5 Å². The van der Waals surface area contributed by atoms with Crippen LogP contribution in [-0.4, -0.2) is 91.1 Å². The van der Waals surface area contributed by atoms with Gasteiger partial charge in [-0.05, 0) is 188 Å². The number of nitrogen functional groups attached to an aromatic ring is 1. The molecule has 4 aromatic heterocycles. The summed E-state index contributed by atoms with van der Waals surface area (Å²) < 4.78 is 16.6. The number of Topliss-reactive ketones (excluding diaryl/α,β-unsaturated/α-hetero) is 4. The Labute approximate surface area is 537 Å². The molecule has 89 heavy (non-hydrogen) atoms. The van der Waals surface area contributed by atoms with E-state index in [9.17, 15) is 19.2 Å². The van der Waals surface area contributed by atoms with Gasteiger partial charge >= 0.3 is 11.6 Å². The predicted molar refractivity (Wildman–Crippen MR) is 355 cm³/mol. The zero-order chi connectivity index (χ0) is 65.0. The molecule has 0 saturated heterocycles. The van der Waals surface area contributed by atoms with Crippen LogP contribution >= 0.6 is 34.8 Å². The van der Waals surface area contributed by atoms with Crippen LogP contribution < -0.4 is 38.1 Å². The van der Waals surface area contributed by atoms with Gasteiger partial charge in [-0.2, -0.15) is 23.4 Å². The smallest absolute Gasteiger partial charge is 0.335 e. The average Bonchev–Trinajstić information content (AvgIpc) is 2.52. The Morgan fingerprint density at radius 3 is 1.07 bits per heavy atom. The lowest BCUT2D eigenvalue weighted by molar-refractivity contribution is 0.100. The SMILES string of the molecule is CC(=O)c1cnc(Cl)nc1Cl.CC(=O)c1cnc(Cl)nc1Nc1ccccc1C.CC(=O)c1cnc(NCC2CC2)nc1Nc1ccccc1C.CC(=O)c1cnc(NCC2CC2)nc1Nc1ccccc1C.Cc1ccccc1N.NCC1CC1.O=S=O. The van der Waals surface area contributed by atoms with Crippen LogP contribution in [0.1, 0.15) is 130 Å². The first kappa shape index (κ1) is 71.1. The second-order valence-electron chi connectivity index (χ2n) is 21.0. The van der Waals surface area contributed by atoms with E-state index in [1.165, 1.54) is 78.6 Å². The quantitative estimate of drug-likeness (QED) is 0.0193. The van der Waals surface area contributed by atoms with E-state index in [4.69, 9.17) is 54.7 Å². The van der Waals surface area contributed by atoms with Gasteiger partial charge < -0.3 is 38.1 Å². The van der Waals surface area contributed by atoms with Gasteiger partial charge in [0.15, 0.2) is 23.1 Å². The molecule has 4 aromatic carbocycles. The predicted octanol–water partition coefficient (Wildman–Crippen LogP) is 13.7. The standard InChI is InChI=1S/2C17H20N4O.C13H12ClN3O.C7H9N.C6H4Cl2N2O.C4H9N.O2S/c2*1-11-5-3-4-6-15(11)20-16-14(12(2)22)10-19-17(21-16)18-9-13-7-8-13;1-8-5-3-4-6-11(8)16-12-10(9(2)18)7-15-13(14)17-12;1-6-4-2-3-5-7(6)8;1-3(11)4-2-9-6(8)10-5(4)7;5-3-4-1-2-4;1-3-2/h2*3-6,10,13H,7-9H2,1-2H3,(H2,18,19,20,21);3-7H,1-2H3,(H,15,16,17);2-5H,8H2,1H3;2H,1H3;4H,1-3,5H2;. The first-order valence-corrected chi connectivity index (χ1v) is 30.3. The molecule has 4 heterocycles. The number of anilines is 9. The summed E-state index contributed by atoms with van der Waals surface area (Å²) in [5.74, 6) is 4.66. The fourth-order valence-electron chi connectivity index (χ4n) is 7.51. The molecule has 3 fully saturated rings.